The fourth-order valence-electron chi connectivity index (χ4n) is 2.67. The van der Waals surface area contributed by atoms with Crippen molar-refractivity contribution in [2.45, 2.75) is 25.5 Å². The minimum atomic E-state index is -0.296. The zero-order valence-electron chi connectivity index (χ0n) is 15.8. The van der Waals surface area contributed by atoms with Gasteiger partial charge in [-0.2, -0.15) is 16.8 Å². The van der Waals surface area contributed by atoms with Crippen LogP contribution in [-0.4, -0.2) is 26.7 Å². The predicted molar refractivity (Wildman–Crippen MR) is 116 cm³/mol. The molecule has 0 saturated carbocycles. The van der Waals surface area contributed by atoms with Crippen molar-refractivity contribution in [3.63, 3.8) is 0 Å². The highest BCUT2D eigenvalue weighted by Gasteiger charge is 2.10. The molecule has 0 aliphatic heterocycles. The van der Waals surface area contributed by atoms with Gasteiger partial charge in [-0.25, -0.2) is 14.4 Å². The number of nitrogens with one attached hydrogen (secondary N) is 1. The van der Waals surface area contributed by atoms with Gasteiger partial charge in [0.05, 0.1) is 5.69 Å². The smallest absolute Gasteiger partial charge is 0.254 e. The van der Waals surface area contributed by atoms with Gasteiger partial charge in [0.1, 0.15) is 11.6 Å². The third-order valence-electron chi connectivity index (χ3n) is 4.06. The van der Waals surface area contributed by atoms with E-state index in [0.717, 1.165) is 22.8 Å². The zero-order valence-corrected chi connectivity index (χ0v) is 17.4. The number of guanidine groups is 1. The lowest BCUT2D eigenvalue weighted by atomic mass is 10.1. The number of H-pyrrole nitrogens is 1. The predicted octanol–water partition coefficient (Wildman–Crippen LogP) is 2.65. The molecule has 2 heterocycles. The van der Waals surface area contributed by atoms with Crippen LogP contribution in [0.5, 0.6) is 0 Å². The van der Waals surface area contributed by atoms with Crippen LogP contribution in [0.25, 0.3) is 0 Å². The van der Waals surface area contributed by atoms with Gasteiger partial charge in [0.15, 0.2) is 5.96 Å². The molecular weight excluding hydrogens is 411 g/mol. The lowest BCUT2D eigenvalue weighted by Gasteiger charge is -2.07. The monoisotopic (exact) mass is 432 g/mol. The maximum absolute atomic E-state index is 13.0. The molecule has 0 aliphatic rings. The Morgan fingerprint density at radius 3 is 2.72 bits per heavy atom. The molecule has 29 heavy (non-hydrogen) atoms. The van der Waals surface area contributed by atoms with Crippen LogP contribution in [0.4, 0.5) is 9.52 Å². The Balaban J connectivity index is 1.55. The lowest BCUT2D eigenvalue weighted by molar-refractivity contribution is 0.627. The van der Waals surface area contributed by atoms with Crippen LogP contribution >= 0.6 is 23.1 Å². The van der Waals surface area contributed by atoms with Crippen LogP contribution < -0.4 is 17.0 Å². The molecule has 152 valence electrons. The highest BCUT2D eigenvalue weighted by atomic mass is 32.2. The number of aromatic nitrogens is 3. The third-order valence-corrected chi connectivity index (χ3v) is 5.84. The van der Waals surface area contributed by atoms with Crippen molar-refractivity contribution in [3.05, 3.63) is 74.2 Å². The summed E-state index contributed by atoms with van der Waals surface area (Å²) in [6.45, 7) is 1.82. The topological polar surface area (TPSA) is 123 Å². The van der Waals surface area contributed by atoms with Gasteiger partial charge in [-0.15, -0.1) is 11.3 Å². The summed E-state index contributed by atoms with van der Waals surface area (Å²) in [6.07, 6.45) is 1.06. The number of hydrogen-bond donors (Lipinski definition) is 3. The molecule has 7 nitrogen and oxygen atoms in total. The maximum atomic E-state index is 13.0. The third kappa shape index (κ3) is 6.13. The second-order valence-electron chi connectivity index (χ2n) is 6.34. The van der Waals surface area contributed by atoms with E-state index in [0.29, 0.717) is 35.1 Å². The Morgan fingerprint density at radius 2 is 2.03 bits per heavy atom. The number of hydrogen-bond acceptors (Lipinski definition) is 6. The lowest BCUT2D eigenvalue weighted by Crippen LogP contribution is -2.21. The molecule has 0 unspecified atom stereocenters. The molecule has 5 N–H and O–H groups in total. The van der Waals surface area contributed by atoms with Gasteiger partial charge >= 0.3 is 0 Å². The first-order valence-corrected chi connectivity index (χ1v) is 10.9. The van der Waals surface area contributed by atoms with Crippen molar-refractivity contribution in [2.24, 2.45) is 16.5 Å². The Morgan fingerprint density at radius 1 is 1.28 bits per heavy atom. The first kappa shape index (κ1) is 21.0. The highest BCUT2D eigenvalue weighted by molar-refractivity contribution is 7.98. The molecule has 0 saturated heterocycles. The second kappa shape index (κ2) is 9.66. The van der Waals surface area contributed by atoms with Gasteiger partial charge < -0.3 is 16.5 Å². The number of thioether (sulfide) groups is 1. The summed E-state index contributed by atoms with van der Waals surface area (Å²) in [5.74, 6) is 1.86. The maximum Gasteiger partial charge on any atom is 0.254 e. The Kier molecular flexibility index (Phi) is 6.99. The van der Waals surface area contributed by atoms with Crippen molar-refractivity contribution in [1.82, 2.24) is 15.0 Å². The van der Waals surface area contributed by atoms with E-state index in [1.54, 1.807) is 23.9 Å². The summed E-state index contributed by atoms with van der Waals surface area (Å²) in [4.78, 5) is 28.1. The molecule has 0 aliphatic carbocycles. The SMILES string of the molecule is Cc1nc(CCSCc2csc(N=C(N)N)n2)[nH]c(=O)c1Cc1ccc(F)cc1. The van der Waals surface area contributed by atoms with E-state index in [2.05, 4.69) is 19.9 Å². The molecule has 1 aromatic carbocycles. The number of thiazole rings is 1. The molecule has 0 radical (unpaired) electrons. The van der Waals surface area contributed by atoms with Crippen molar-refractivity contribution >= 4 is 34.2 Å². The number of rotatable bonds is 8. The minimum absolute atomic E-state index is 0.00757. The van der Waals surface area contributed by atoms with E-state index < -0.39 is 0 Å². The zero-order chi connectivity index (χ0) is 20.8. The standard InChI is InChI=1S/C19H21FN6OS2/c1-11-15(8-12-2-4-13(20)5-3-12)17(27)25-16(23-11)6-7-28-9-14-10-29-19(24-14)26-18(21)22/h2-5,10H,6-9H2,1H3,(H,23,25,27)(H4,21,22,24,26). The van der Waals surface area contributed by atoms with Gasteiger partial charge in [-0.1, -0.05) is 12.1 Å². The largest absolute Gasteiger partial charge is 0.370 e. The van der Waals surface area contributed by atoms with Gasteiger partial charge in [-0.05, 0) is 24.6 Å². The summed E-state index contributed by atoms with van der Waals surface area (Å²) in [7, 11) is 0. The first-order valence-electron chi connectivity index (χ1n) is 8.85. The van der Waals surface area contributed by atoms with E-state index in [1.807, 2.05) is 12.3 Å². The number of aromatic amines is 1. The molecule has 2 aromatic heterocycles. The normalized spacial score (nSPS) is 10.8. The molecule has 0 atom stereocenters. The fraction of sp³-hybridized carbons (Fsp3) is 0.263. The molecule has 0 spiro atoms. The van der Waals surface area contributed by atoms with Gasteiger partial charge in [-0.3, -0.25) is 4.79 Å². The molecular formula is C19H21FN6OS2. The van der Waals surface area contributed by atoms with E-state index in [1.165, 1.54) is 23.5 Å². The number of benzene rings is 1. The summed E-state index contributed by atoms with van der Waals surface area (Å²) in [5, 5.41) is 2.46. The van der Waals surface area contributed by atoms with Gasteiger partial charge in [0.2, 0.25) is 5.13 Å². The number of nitrogens with two attached hydrogens (primary N) is 2. The van der Waals surface area contributed by atoms with Crippen LogP contribution in [0.3, 0.4) is 0 Å². The Bertz CT molecular complexity index is 1060. The first-order chi connectivity index (χ1) is 13.9. The second-order valence-corrected chi connectivity index (χ2v) is 8.28. The van der Waals surface area contributed by atoms with Crippen LogP contribution in [0.2, 0.25) is 0 Å². The molecule has 3 aromatic rings. The average molecular weight is 433 g/mol. The van der Waals surface area contributed by atoms with Crippen LogP contribution in [0.1, 0.15) is 28.3 Å². The Labute approximate surface area is 175 Å². The molecule has 0 amide bonds. The van der Waals surface area contributed by atoms with Crippen molar-refractivity contribution in [2.75, 3.05) is 5.75 Å². The van der Waals surface area contributed by atoms with Crippen molar-refractivity contribution in [1.29, 1.82) is 0 Å². The Hall–Kier alpha value is -2.72. The van der Waals surface area contributed by atoms with Crippen molar-refractivity contribution in [3.8, 4) is 0 Å². The van der Waals surface area contributed by atoms with E-state index >= 15 is 0 Å². The van der Waals surface area contributed by atoms with Crippen LogP contribution in [0, 0.1) is 12.7 Å². The quantitative estimate of drug-likeness (QED) is 0.286. The number of nitrogens with zero attached hydrogens (tertiary/aromatic N) is 3. The minimum Gasteiger partial charge on any atom is -0.370 e. The van der Waals surface area contributed by atoms with E-state index in [-0.39, 0.29) is 17.3 Å². The highest BCUT2D eigenvalue weighted by Crippen LogP contribution is 2.22. The summed E-state index contributed by atoms with van der Waals surface area (Å²) >= 11 is 3.08. The number of aliphatic imine (C=N–C) groups is 1. The molecule has 3 rings (SSSR count). The summed E-state index contributed by atoms with van der Waals surface area (Å²) in [6, 6.07) is 6.13. The van der Waals surface area contributed by atoms with Gasteiger partial charge in [0.25, 0.3) is 5.56 Å². The fourth-order valence-corrected chi connectivity index (χ4v) is 4.32. The van der Waals surface area contributed by atoms with E-state index in [9.17, 15) is 9.18 Å². The van der Waals surface area contributed by atoms with E-state index in [4.69, 9.17) is 11.5 Å². The summed E-state index contributed by atoms with van der Waals surface area (Å²) in [5.41, 5.74) is 13.6. The molecule has 10 heteroatoms. The number of aryl methyl sites for hydroxylation is 2. The summed E-state index contributed by atoms with van der Waals surface area (Å²) < 4.78 is 13.0. The number of halogens is 1. The van der Waals surface area contributed by atoms with Crippen LogP contribution in [0.15, 0.2) is 39.4 Å². The molecule has 0 bridgehead atoms. The van der Waals surface area contributed by atoms with Gasteiger partial charge in [0, 0.05) is 41.0 Å². The molecule has 0 fully saturated rings. The average Bonchev–Trinajstić information content (AvgIpc) is 3.10. The van der Waals surface area contributed by atoms with Crippen molar-refractivity contribution < 1.29 is 4.39 Å². The van der Waals surface area contributed by atoms with Crippen LogP contribution in [-0.2, 0) is 18.6 Å².